The highest BCUT2D eigenvalue weighted by Gasteiger charge is 2.25. The van der Waals surface area contributed by atoms with Crippen molar-refractivity contribution in [2.45, 2.75) is 72.3 Å². The third-order valence-corrected chi connectivity index (χ3v) is 4.01. The molecule has 1 fully saturated rings. The van der Waals surface area contributed by atoms with Crippen LogP contribution in [0.15, 0.2) is 0 Å². The zero-order valence-corrected chi connectivity index (χ0v) is 11.8. The van der Waals surface area contributed by atoms with Crippen LogP contribution in [0.3, 0.4) is 0 Å². The summed E-state index contributed by atoms with van der Waals surface area (Å²) in [6, 6.07) is 0.785. The molecule has 1 nitrogen and oxygen atoms in total. The molecule has 1 aliphatic carbocycles. The Morgan fingerprint density at radius 1 is 1.12 bits per heavy atom. The first-order valence-electron chi connectivity index (χ1n) is 7.36. The molecule has 1 aliphatic rings. The van der Waals surface area contributed by atoms with Crippen LogP contribution in [-0.4, -0.2) is 12.6 Å². The predicted molar refractivity (Wildman–Crippen MR) is 72.7 cm³/mol. The Hall–Kier alpha value is -0.0400. The molecular formula is C15H31N. The molecule has 0 aromatic carbocycles. The number of nitrogens with one attached hydrogen (secondary N) is 1. The van der Waals surface area contributed by atoms with Crippen molar-refractivity contribution >= 4 is 0 Å². The van der Waals surface area contributed by atoms with Crippen LogP contribution in [0, 0.1) is 17.8 Å². The lowest BCUT2D eigenvalue weighted by molar-refractivity contribution is 0.211. The van der Waals surface area contributed by atoms with E-state index in [1.807, 2.05) is 0 Å². The maximum absolute atomic E-state index is 3.79. The van der Waals surface area contributed by atoms with Crippen LogP contribution < -0.4 is 5.32 Å². The molecule has 1 rings (SSSR count). The molecule has 0 spiro atoms. The third kappa shape index (κ3) is 4.86. The molecule has 16 heavy (non-hydrogen) atoms. The largest absolute Gasteiger partial charge is 0.314 e. The Morgan fingerprint density at radius 3 is 2.25 bits per heavy atom. The topological polar surface area (TPSA) is 12.0 Å². The Balaban J connectivity index is 2.40. The maximum atomic E-state index is 3.79. The summed E-state index contributed by atoms with van der Waals surface area (Å²) in [4.78, 5) is 0. The van der Waals surface area contributed by atoms with Gasteiger partial charge in [0, 0.05) is 6.04 Å². The molecule has 1 atom stereocenters. The molecule has 0 aromatic rings. The summed E-state index contributed by atoms with van der Waals surface area (Å²) in [7, 11) is 0. The molecule has 0 aliphatic heterocycles. The average Bonchev–Trinajstić information content (AvgIpc) is 2.25. The normalized spacial score (nSPS) is 28.3. The van der Waals surface area contributed by atoms with Crippen molar-refractivity contribution in [1.82, 2.24) is 5.32 Å². The smallest absolute Gasteiger partial charge is 0.00977 e. The Morgan fingerprint density at radius 2 is 1.75 bits per heavy atom. The fourth-order valence-corrected chi connectivity index (χ4v) is 2.97. The van der Waals surface area contributed by atoms with Gasteiger partial charge in [-0.1, -0.05) is 40.5 Å². The van der Waals surface area contributed by atoms with E-state index in [1.165, 1.54) is 45.1 Å². The van der Waals surface area contributed by atoms with Crippen molar-refractivity contribution in [3.8, 4) is 0 Å². The Kier molecular flexibility index (Phi) is 6.41. The van der Waals surface area contributed by atoms with Crippen LogP contribution in [0.4, 0.5) is 0 Å². The summed E-state index contributed by atoms with van der Waals surface area (Å²) < 4.78 is 0. The van der Waals surface area contributed by atoms with Gasteiger partial charge in [-0.05, 0) is 50.0 Å². The van der Waals surface area contributed by atoms with E-state index in [2.05, 4.69) is 33.0 Å². The summed E-state index contributed by atoms with van der Waals surface area (Å²) in [5, 5.41) is 3.79. The number of hydrogen-bond acceptors (Lipinski definition) is 1. The van der Waals surface area contributed by atoms with E-state index >= 15 is 0 Å². The summed E-state index contributed by atoms with van der Waals surface area (Å²) >= 11 is 0. The fourth-order valence-electron chi connectivity index (χ4n) is 2.97. The van der Waals surface area contributed by atoms with E-state index in [-0.39, 0.29) is 0 Å². The summed E-state index contributed by atoms with van der Waals surface area (Å²) in [6.45, 7) is 10.6. The monoisotopic (exact) mass is 225 g/mol. The Labute approximate surface area is 102 Å². The van der Waals surface area contributed by atoms with Gasteiger partial charge in [0.25, 0.3) is 0 Å². The highest BCUT2D eigenvalue weighted by molar-refractivity contribution is 4.81. The highest BCUT2D eigenvalue weighted by atomic mass is 14.9. The second kappa shape index (κ2) is 7.32. The van der Waals surface area contributed by atoms with Crippen molar-refractivity contribution < 1.29 is 0 Å². The molecule has 0 amide bonds. The van der Waals surface area contributed by atoms with Crippen LogP contribution in [0.1, 0.15) is 66.2 Å². The zero-order chi connectivity index (χ0) is 12.0. The van der Waals surface area contributed by atoms with Gasteiger partial charge < -0.3 is 5.32 Å². The lowest BCUT2D eigenvalue weighted by Gasteiger charge is -2.34. The lowest BCUT2D eigenvalue weighted by Crippen LogP contribution is -2.39. The van der Waals surface area contributed by atoms with Crippen LogP contribution in [0.25, 0.3) is 0 Å². The van der Waals surface area contributed by atoms with E-state index in [0.717, 1.165) is 23.8 Å². The molecule has 1 saturated carbocycles. The third-order valence-electron chi connectivity index (χ3n) is 4.01. The highest BCUT2D eigenvalue weighted by Crippen LogP contribution is 2.32. The molecule has 1 heteroatoms. The molecule has 0 aromatic heterocycles. The van der Waals surface area contributed by atoms with Crippen molar-refractivity contribution in [2.24, 2.45) is 17.8 Å². The van der Waals surface area contributed by atoms with E-state index < -0.39 is 0 Å². The molecular weight excluding hydrogens is 194 g/mol. The first-order valence-corrected chi connectivity index (χ1v) is 7.36. The van der Waals surface area contributed by atoms with Gasteiger partial charge in [-0.2, -0.15) is 0 Å². The molecule has 1 N–H and O–H groups in total. The van der Waals surface area contributed by atoms with Crippen LogP contribution in [0.2, 0.25) is 0 Å². The van der Waals surface area contributed by atoms with E-state index in [0.29, 0.717) is 0 Å². The van der Waals surface area contributed by atoms with E-state index in [4.69, 9.17) is 0 Å². The number of rotatable bonds is 6. The SMILES string of the molecule is CCCNC(CC(C)C)C1CCC(C)CC1. The minimum atomic E-state index is 0.785. The van der Waals surface area contributed by atoms with Crippen LogP contribution in [0.5, 0.6) is 0 Å². The summed E-state index contributed by atoms with van der Waals surface area (Å²) in [5.41, 5.74) is 0. The Bertz CT molecular complexity index is 168. The standard InChI is InChI=1S/C15H31N/c1-5-10-16-15(11-12(2)3)14-8-6-13(4)7-9-14/h12-16H,5-11H2,1-4H3. The molecule has 96 valence electrons. The lowest BCUT2D eigenvalue weighted by atomic mass is 9.77. The molecule has 0 saturated heterocycles. The van der Waals surface area contributed by atoms with E-state index in [1.54, 1.807) is 0 Å². The van der Waals surface area contributed by atoms with E-state index in [9.17, 15) is 0 Å². The van der Waals surface area contributed by atoms with Gasteiger partial charge in [0.05, 0.1) is 0 Å². The first kappa shape index (κ1) is 14.0. The van der Waals surface area contributed by atoms with Crippen molar-refractivity contribution in [3.63, 3.8) is 0 Å². The van der Waals surface area contributed by atoms with Gasteiger partial charge >= 0.3 is 0 Å². The minimum Gasteiger partial charge on any atom is -0.314 e. The summed E-state index contributed by atoms with van der Waals surface area (Å²) in [6.07, 6.45) is 8.43. The molecule has 0 bridgehead atoms. The molecule has 0 heterocycles. The maximum Gasteiger partial charge on any atom is 0.00977 e. The van der Waals surface area contributed by atoms with Gasteiger partial charge in [0.2, 0.25) is 0 Å². The van der Waals surface area contributed by atoms with Crippen molar-refractivity contribution in [2.75, 3.05) is 6.54 Å². The van der Waals surface area contributed by atoms with Crippen LogP contribution in [-0.2, 0) is 0 Å². The second-order valence-electron chi connectivity index (χ2n) is 6.21. The zero-order valence-electron chi connectivity index (χ0n) is 11.8. The van der Waals surface area contributed by atoms with Crippen LogP contribution >= 0.6 is 0 Å². The summed E-state index contributed by atoms with van der Waals surface area (Å²) in [5.74, 6) is 2.75. The van der Waals surface area contributed by atoms with Gasteiger partial charge in [0.15, 0.2) is 0 Å². The quantitative estimate of drug-likeness (QED) is 0.713. The predicted octanol–water partition coefficient (Wildman–Crippen LogP) is 4.23. The van der Waals surface area contributed by atoms with Gasteiger partial charge in [-0.15, -0.1) is 0 Å². The van der Waals surface area contributed by atoms with Crippen molar-refractivity contribution in [1.29, 1.82) is 0 Å². The fraction of sp³-hybridized carbons (Fsp3) is 1.00. The first-order chi connectivity index (χ1) is 7.63. The van der Waals surface area contributed by atoms with Gasteiger partial charge in [-0.3, -0.25) is 0 Å². The molecule has 0 radical (unpaired) electrons. The average molecular weight is 225 g/mol. The minimum absolute atomic E-state index is 0.785. The molecule has 1 unspecified atom stereocenters. The van der Waals surface area contributed by atoms with Crippen molar-refractivity contribution in [3.05, 3.63) is 0 Å². The van der Waals surface area contributed by atoms with Gasteiger partial charge in [-0.25, -0.2) is 0 Å². The van der Waals surface area contributed by atoms with Gasteiger partial charge in [0.1, 0.15) is 0 Å². The number of hydrogen-bond donors (Lipinski definition) is 1. The second-order valence-corrected chi connectivity index (χ2v) is 6.21.